The van der Waals surface area contributed by atoms with Crippen molar-refractivity contribution in [3.8, 4) is 5.75 Å². The molecule has 2 aromatic carbocycles. The Bertz CT molecular complexity index is 993. The summed E-state index contributed by atoms with van der Waals surface area (Å²) in [4.78, 5) is 12.1. The minimum atomic E-state index is -3.44. The molecule has 0 spiro atoms. The van der Waals surface area contributed by atoms with Crippen LogP contribution in [0.25, 0.3) is 0 Å². The Morgan fingerprint density at radius 3 is 2.47 bits per heavy atom. The van der Waals surface area contributed by atoms with Crippen LogP contribution in [0.5, 0.6) is 5.75 Å². The molecular formula is C22H29ClN2O4S. The second-order valence-electron chi connectivity index (χ2n) is 7.34. The first-order valence-corrected chi connectivity index (χ1v) is 12.0. The Kier molecular flexibility index (Phi) is 8.55. The molecule has 1 amide bonds. The SMILES string of the molecule is Cc1ccc(C)c(N(CCCC(=O)NCCOc2ccc(C)c(Cl)c2)S(C)(=O)=O)c1. The number of nitrogens with one attached hydrogen (secondary N) is 1. The fourth-order valence-corrected chi connectivity index (χ4v) is 4.13. The van der Waals surface area contributed by atoms with Crippen LogP contribution in [0.2, 0.25) is 5.02 Å². The molecule has 0 aliphatic carbocycles. The molecule has 0 unspecified atom stereocenters. The number of carbonyl (C=O) groups is 1. The van der Waals surface area contributed by atoms with Gasteiger partial charge in [-0.05, 0) is 62.1 Å². The number of anilines is 1. The number of hydrogen-bond donors (Lipinski definition) is 1. The van der Waals surface area contributed by atoms with Crippen LogP contribution in [0.1, 0.15) is 29.5 Å². The van der Waals surface area contributed by atoms with Gasteiger partial charge in [-0.15, -0.1) is 0 Å². The van der Waals surface area contributed by atoms with Gasteiger partial charge in [0, 0.05) is 18.0 Å². The maximum absolute atomic E-state index is 12.3. The molecule has 0 aliphatic heterocycles. The molecule has 8 heteroatoms. The summed E-state index contributed by atoms with van der Waals surface area (Å²) in [6.45, 7) is 6.64. The van der Waals surface area contributed by atoms with Crippen LogP contribution in [-0.2, 0) is 14.8 Å². The lowest BCUT2D eigenvalue weighted by Crippen LogP contribution is -2.33. The highest BCUT2D eigenvalue weighted by molar-refractivity contribution is 7.92. The smallest absolute Gasteiger partial charge is 0.232 e. The van der Waals surface area contributed by atoms with Crippen molar-refractivity contribution in [3.05, 3.63) is 58.1 Å². The van der Waals surface area contributed by atoms with Gasteiger partial charge in [0.05, 0.1) is 18.5 Å². The number of rotatable bonds is 10. The first-order valence-electron chi connectivity index (χ1n) is 9.78. The number of aryl methyl sites for hydroxylation is 3. The van der Waals surface area contributed by atoms with Gasteiger partial charge >= 0.3 is 0 Å². The molecule has 0 saturated heterocycles. The molecule has 6 nitrogen and oxygen atoms in total. The number of sulfonamides is 1. The zero-order valence-corrected chi connectivity index (χ0v) is 19.4. The third-order valence-electron chi connectivity index (χ3n) is 4.63. The van der Waals surface area contributed by atoms with E-state index >= 15 is 0 Å². The van der Waals surface area contributed by atoms with Crippen molar-refractivity contribution in [2.45, 2.75) is 33.6 Å². The van der Waals surface area contributed by atoms with Gasteiger partial charge in [-0.25, -0.2) is 8.42 Å². The first-order chi connectivity index (χ1) is 14.1. The Labute approximate surface area is 184 Å². The molecule has 2 rings (SSSR count). The van der Waals surface area contributed by atoms with Gasteiger partial charge in [-0.2, -0.15) is 0 Å². The van der Waals surface area contributed by atoms with E-state index in [1.165, 1.54) is 10.6 Å². The minimum Gasteiger partial charge on any atom is -0.492 e. The molecule has 2 aromatic rings. The van der Waals surface area contributed by atoms with Crippen LogP contribution < -0.4 is 14.4 Å². The molecule has 0 bridgehead atoms. The van der Waals surface area contributed by atoms with Crippen LogP contribution in [0.3, 0.4) is 0 Å². The van der Waals surface area contributed by atoms with E-state index in [1.54, 1.807) is 6.07 Å². The van der Waals surface area contributed by atoms with Gasteiger partial charge < -0.3 is 10.1 Å². The summed E-state index contributed by atoms with van der Waals surface area (Å²) in [6.07, 6.45) is 1.83. The van der Waals surface area contributed by atoms with Gasteiger partial charge in [0.1, 0.15) is 12.4 Å². The quantitative estimate of drug-likeness (QED) is 0.552. The zero-order chi connectivity index (χ0) is 22.3. The first kappa shape index (κ1) is 24.0. The van der Waals surface area contributed by atoms with E-state index in [9.17, 15) is 13.2 Å². The van der Waals surface area contributed by atoms with Crippen LogP contribution in [0.15, 0.2) is 36.4 Å². The lowest BCUT2D eigenvalue weighted by atomic mass is 10.1. The largest absolute Gasteiger partial charge is 0.492 e. The number of ether oxygens (including phenoxy) is 1. The maximum Gasteiger partial charge on any atom is 0.232 e. The summed E-state index contributed by atoms with van der Waals surface area (Å²) in [5.41, 5.74) is 3.49. The Balaban J connectivity index is 1.80. The summed E-state index contributed by atoms with van der Waals surface area (Å²) in [6, 6.07) is 11.1. The number of halogens is 1. The average molecular weight is 453 g/mol. The predicted octanol–water partition coefficient (Wildman–Crippen LogP) is 4.01. The summed E-state index contributed by atoms with van der Waals surface area (Å²) >= 11 is 6.06. The van der Waals surface area contributed by atoms with Gasteiger partial charge in [-0.3, -0.25) is 9.10 Å². The molecule has 0 atom stereocenters. The standard InChI is InChI=1S/C22H29ClN2O4S/c1-16-7-8-18(3)21(14-16)25(30(4,27)28)12-5-6-22(26)24-11-13-29-19-10-9-17(2)20(23)15-19/h7-10,14-15H,5-6,11-13H2,1-4H3,(H,24,26). The van der Waals surface area contributed by atoms with E-state index < -0.39 is 10.0 Å². The van der Waals surface area contributed by atoms with Crippen LogP contribution in [-0.4, -0.2) is 40.3 Å². The summed E-state index contributed by atoms with van der Waals surface area (Å²) in [5.74, 6) is 0.507. The Hall–Kier alpha value is -2.25. The third kappa shape index (κ3) is 7.22. The lowest BCUT2D eigenvalue weighted by molar-refractivity contribution is -0.121. The summed E-state index contributed by atoms with van der Waals surface area (Å²) in [5, 5.41) is 3.42. The molecule has 30 heavy (non-hydrogen) atoms. The molecular weight excluding hydrogens is 424 g/mol. The van der Waals surface area contributed by atoms with Crippen molar-refractivity contribution >= 4 is 33.2 Å². The average Bonchev–Trinajstić information content (AvgIpc) is 2.66. The molecule has 0 heterocycles. The molecule has 0 saturated carbocycles. The number of carbonyl (C=O) groups excluding carboxylic acids is 1. The maximum atomic E-state index is 12.3. The predicted molar refractivity (Wildman–Crippen MR) is 122 cm³/mol. The lowest BCUT2D eigenvalue weighted by Gasteiger charge is -2.24. The third-order valence-corrected chi connectivity index (χ3v) is 6.22. The summed E-state index contributed by atoms with van der Waals surface area (Å²) < 4.78 is 31.5. The van der Waals surface area contributed by atoms with E-state index in [0.717, 1.165) is 16.7 Å². The van der Waals surface area contributed by atoms with E-state index in [2.05, 4.69) is 5.32 Å². The number of nitrogens with zero attached hydrogens (tertiary/aromatic N) is 1. The fraction of sp³-hybridized carbons (Fsp3) is 0.409. The normalized spacial score (nSPS) is 11.2. The van der Waals surface area contributed by atoms with E-state index in [4.69, 9.17) is 16.3 Å². The molecule has 0 aromatic heterocycles. The van der Waals surface area contributed by atoms with Gasteiger partial charge in [0.2, 0.25) is 15.9 Å². The Morgan fingerprint density at radius 2 is 1.80 bits per heavy atom. The highest BCUT2D eigenvalue weighted by Gasteiger charge is 2.19. The van der Waals surface area contributed by atoms with E-state index in [-0.39, 0.29) is 18.9 Å². The van der Waals surface area contributed by atoms with E-state index in [0.29, 0.717) is 36.0 Å². The van der Waals surface area contributed by atoms with Gasteiger partial charge in [0.25, 0.3) is 0 Å². The van der Waals surface area contributed by atoms with Crippen LogP contribution >= 0.6 is 11.6 Å². The molecule has 0 fully saturated rings. The molecule has 1 N–H and O–H groups in total. The Morgan fingerprint density at radius 1 is 1.10 bits per heavy atom. The number of hydrogen-bond acceptors (Lipinski definition) is 4. The van der Waals surface area contributed by atoms with Crippen molar-refractivity contribution in [2.75, 3.05) is 30.3 Å². The van der Waals surface area contributed by atoms with Crippen molar-refractivity contribution in [1.29, 1.82) is 0 Å². The second kappa shape index (κ2) is 10.7. The fourth-order valence-electron chi connectivity index (χ4n) is 2.95. The zero-order valence-electron chi connectivity index (χ0n) is 17.9. The number of amides is 1. The molecule has 0 radical (unpaired) electrons. The van der Waals surface area contributed by atoms with Gasteiger partial charge in [0.15, 0.2) is 0 Å². The van der Waals surface area contributed by atoms with Gasteiger partial charge in [-0.1, -0.05) is 29.8 Å². The van der Waals surface area contributed by atoms with Crippen molar-refractivity contribution < 1.29 is 17.9 Å². The van der Waals surface area contributed by atoms with Crippen molar-refractivity contribution in [3.63, 3.8) is 0 Å². The number of benzene rings is 2. The van der Waals surface area contributed by atoms with Crippen molar-refractivity contribution in [2.24, 2.45) is 0 Å². The monoisotopic (exact) mass is 452 g/mol. The van der Waals surface area contributed by atoms with Crippen molar-refractivity contribution in [1.82, 2.24) is 5.32 Å². The van der Waals surface area contributed by atoms with Crippen LogP contribution in [0, 0.1) is 20.8 Å². The highest BCUT2D eigenvalue weighted by atomic mass is 35.5. The molecule has 164 valence electrons. The summed E-state index contributed by atoms with van der Waals surface area (Å²) in [7, 11) is -3.44. The van der Waals surface area contributed by atoms with Crippen LogP contribution in [0.4, 0.5) is 5.69 Å². The minimum absolute atomic E-state index is 0.144. The molecule has 0 aliphatic rings. The topological polar surface area (TPSA) is 75.7 Å². The highest BCUT2D eigenvalue weighted by Crippen LogP contribution is 2.24. The van der Waals surface area contributed by atoms with E-state index in [1.807, 2.05) is 51.1 Å². The second-order valence-corrected chi connectivity index (χ2v) is 9.65.